The lowest BCUT2D eigenvalue weighted by molar-refractivity contribution is 0.0855. The summed E-state index contributed by atoms with van der Waals surface area (Å²) in [6.07, 6.45) is 4.11. The maximum Gasteiger partial charge on any atom is 0.00385 e. The van der Waals surface area contributed by atoms with Crippen molar-refractivity contribution in [2.75, 3.05) is 13.1 Å². The van der Waals surface area contributed by atoms with Crippen LogP contribution in [0.1, 0.15) is 60.8 Å². The molecule has 1 heteroatoms. The minimum Gasteiger partial charge on any atom is -0.301 e. The van der Waals surface area contributed by atoms with Gasteiger partial charge in [-0.25, -0.2) is 0 Å². The molecule has 0 amide bonds. The molecule has 1 aliphatic heterocycles. The fraction of sp³-hybridized carbons (Fsp3) is 1.00. The Morgan fingerprint density at radius 1 is 1.07 bits per heavy atom. The van der Waals surface area contributed by atoms with Gasteiger partial charge < -0.3 is 4.90 Å². The first kappa shape index (κ1) is 13.0. The van der Waals surface area contributed by atoms with E-state index in [-0.39, 0.29) is 0 Å². The molecule has 0 spiro atoms. The van der Waals surface area contributed by atoms with Crippen LogP contribution in [0.5, 0.6) is 0 Å². The molecule has 0 radical (unpaired) electrons. The van der Waals surface area contributed by atoms with Gasteiger partial charge in [0.1, 0.15) is 0 Å². The Morgan fingerprint density at radius 2 is 1.67 bits per heavy atom. The van der Waals surface area contributed by atoms with Crippen LogP contribution in [0.4, 0.5) is 0 Å². The molecule has 1 unspecified atom stereocenters. The summed E-state index contributed by atoms with van der Waals surface area (Å²) >= 11 is 0. The Hall–Kier alpha value is -0.0400. The molecular formula is C14H29N. The summed E-state index contributed by atoms with van der Waals surface area (Å²) in [7, 11) is 0. The Kier molecular flexibility index (Phi) is 3.86. The van der Waals surface area contributed by atoms with Crippen LogP contribution >= 0.6 is 0 Å². The van der Waals surface area contributed by atoms with Gasteiger partial charge in [-0.05, 0) is 57.0 Å². The molecule has 0 aromatic rings. The summed E-state index contributed by atoms with van der Waals surface area (Å²) in [5.74, 6) is 0. The third-order valence-electron chi connectivity index (χ3n) is 4.67. The van der Waals surface area contributed by atoms with Gasteiger partial charge in [-0.2, -0.15) is 0 Å². The molecule has 0 N–H and O–H groups in total. The molecule has 1 rings (SSSR count). The van der Waals surface area contributed by atoms with E-state index in [1.165, 1.54) is 32.4 Å². The van der Waals surface area contributed by atoms with E-state index in [9.17, 15) is 0 Å². The predicted octanol–water partition coefficient (Wildman–Crippen LogP) is 3.93. The van der Waals surface area contributed by atoms with E-state index in [1.54, 1.807) is 0 Å². The highest BCUT2D eigenvalue weighted by molar-refractivity contribution is 4.89. The van der Waals surface area contributed by atoms with Crippen LogP contribution in [-0.4, -0.2) is 24.0 Å². The zero-order valence-electron chi connectivity index (χ0n) is 11.6. The fourth-order valence-electron chi connectivity index (χ4n) is 2.57. The average molecular weight is 211 g/mol. The number of rotatable bonds is 1. The molecule has 1 saturated heterocycles. The summed E-state index contributed by atoms with van der Waals surface area (Å²) in [5, 5.41) is 0. The van der Waals surface area contributed by atoms with Crippen LogP contribution in [-0.2, 0) is 0 Å². The number of hydrogen-bond acceptors (Lipinski definition) is 1. The molecular weight excluding hydrogens is 182 g/mol. The van der Waals surface area contributed by atoms with Gasteiger partial charge in [0.2, 0.25) is 0 Å². The zero-order valence-corrected chi connectivity index (χ0v) is 11.6. The van der Waals surface area contributed by atoms with Crippen LogP contribution < -0.4 is 0 Å². The van der Waals surface area contributed by atoms with Crippen molar-refractivity contribution in [3.63, 3.8) is 0 Å². The van der Waals surface area contributed by atoms with Crippen LogP contribution in [0.15, 0.2) is 0 Å². The highest BCUT2D eigenvalue weighted by atomic mass is 15.1. The first-order chi connectivity index (χ1) is 6.76. The standard InChI is InChI=1S/C14H29N/c1-12(2)15-10-7-8-14(6,9-11-15)13(3,4)5/h12H,7-11H2,1-6H3. The fourth-order valence-corrected chi connectivity index (χ4v) is 2.57. The average Bonchev–Trinajstić information content (AvgIpc) is 2.26. The molecule has 0 aliphatic carbocycles. The molecule has 0 saturated carbocycles. The summed E-state index contributed by atoms with van der Waals surface area (Å²) in [6, 6.07) is 0.715. The Balaban J connectivity index is 2.67. The summed E-state index contributed by atoms with van der Waals surface area (Å²) in [5.41, 5.74) is 0.969. The number of likely N-dealkylation sites (tertiary alicyclic amines) is 1. The third kappa shape index (κ3) is 2.96. The second-order valence-corrected chi connectivity index (χ2v) is 6.79. The van der Waals surface area contributed by atoms with Crippen LogP contribution in [0, 0.1) is 10.8 Å². The monoisotopic (exact) mass is 211 g/mol. The topological polar surface area (TPSA) is 3.24 Å². The minimum absolute atomic E-state index is 0.444. The van der Waals surface area contributed by atoms with E-state index in [2.05, 4.69) is 46.4 Å². The number of nitrogens with zero attached hydrogens (tertiary/aromatic N) is 1. The van der Waals surface area contributed by atoms with Gasteiger partial charge in [0, 0.05) is 6.04 Å². The quantitative estimate of drug-likeness (QED) is 0.635. The van der Waals surface area contributed by atoms with Gasteiger partial charge >= 0.3 is 0 Å². The van der Waals surface area contributed by atoms with Crippen molar-refractivity contribution in [2.45, 2.75) is 66.8 Å². The SMILES string of the molecule is CC(C)N1CCCC(C)(C(C)(C)C)CC1. The van der Waals surface area contributed by atoms with Gasteiger partial charge in [-0.15, -0.1) is 0 Å². The lowest BCUT2D eigenvalue weighted by Gasteiger charge is -2.42. The van der Waals surface area contributed by atoms with Crippen LogP contribution in [0.2, 0.25) is 0 Å². The largest absolute Gasteiger partial charge is 0.301 e. The smallest absolute Gasteiger partial charge is 0.00385 e. The Bertz CT molecular complexity index is 202. The van der Waals surface area contributed by atoms with Gasteiger partial charge in [0.05, 0.1) is 0 Å². The molecule has 90 valence electrons. The molecule has 0 aromatic carbocycles. The number of hydrogen-bond donors (Lipinski definition) is 0. The van der Waals surface area contributed by atoms with Crippen molar-refractivity contribution in [3.05, 3.63) is 0 Å². The van der Waals surface area contributed by atoms with Crippen molar-refractivity contribution < 1.29 is 0 Å². The summed E-state index contributed by atoms with van der Waals surface area (Å²) < 4.78 is 0. The summed E-state index contributed by atoms with van der Waals surface area (Å²) in [4.78, 5) is 2.64. The van der Waals surface area contributed by atoms with Crippen molar-refractivity contribution in [2.24, 2.45) is 10.8 Å². The van der Waals surface area contributed by atoms with E-state index in [0.29, 0.717) is 16.9 Å². The van der Waals surface area contributed by atoms with E-state index in [4.69, 9.17) is 0 Å². The predicted molar refractivity (Wildman–Crippen MR) is 68.1 cm³/mol. The highest BCUT2D eigenvalue weighted by Crippen LogP contribution is 2.46. The molecule has 1 atom stereocenters. The zero-order chi connectivity index (χ0) is 11.7. The first-order valence-electron chi connectivity index (χ1n) is 6.50. The Labute approximate surface area is 96.2 Å². The van der Waals surface area contributed by atoms with Crippen molar-refractivity contribution >= 4 is 0 Å². The lowest BCUT2D eigenvalue weighted by atomic mass is 9.64. The normalized spacial score (nSPS) is 30.6. The van der Waals surface area contributed by atoms with Gasteiger partial charge in [-0.1, -0.05) is 27.7 Å². The lowest BCUT2D eigenvalue weighted by Crippen LogP contribution is -2.35. The van der Waals surface area contributed by atoms with E-state index in [0.717, 1.165) is 0 Å². The molecule has 1 heterocycles. The highest BCUT2D eigenvalue weighted by Gasteiger charge is 2.38. The molecule has 1 nitrogen and oxygen atoms in total. The maximum absolute atomic E-state index is 2.64. The van der Waals surface area contributed by atoms with Gasteiger partial charge in [0.15, 0.2) is 0 Å². The van der Waals surface area contributed by atoms with Crippen LogP contribution in [0.25, 0.3) is 0 Å². The van der Waals surface area contributed by atoms with Crippen molar-refractivity contribution in [1.29, 1.82) is 0 Å². The maximum atomic E-state index is 2.64. The molecule has 0 bridgehead atoms. The second kappa shape index (κ2) is 4.45. The molecule has 15 heavy (non-hydrogen) atoms. The van der Waals surface area contributed by atoms with Gasteiger partial charge in [0.25, 0.3) is 0 Å². The second-order valence-electron chi connectivity index (χ2n) is 6.79. The first-order valence-corrected chi connectivity index (χ1v) is 6.50. The third-order valence-corrected chi connectivity index (χ3v) is 4.67. The molecule has 1 aliphatic rings. The van der Waals surface area contributed by atoms with E-state index >= 15 is 0 Å². The van der Waals surface area contributed by atoms with Crippen molar-refractivity contribution in [1.82, 2.24) is 4.90 Å². The van der Waals surface area contributed by atoms with Gasteiger partial charge in [-0.3, -0.25) is 0 Å². The summed E-state index contributed by atoms with van der Waals surface area (Å²) in [6.45, 7) is 16.9. The van der Waals surface area contributed by atoms with E-state index in [1.807, 2.05) is 0 Å². The molecule has 0 aromatic heterocycles. The van der Waals surface area contributed by atoms with Crippen molar-refractivity contribution in [3.8, 4) is 0 Å². The Morgan fingerprint density at radius 3 is 2.13 bits per heavy atom. The minimum atomic E-state index is 0.444. The van der Waals surface area contributed by atoms with E-state index < -0.39 is 0 Å². The molecule has 1 fully saturated rings. The van der Waals surface area contributed by atoms with Crippen LogP contribution in [0.3, 0.4) is 0 Å².